The van der Waals surface area contributed by atoms with Crippen molar-refractivity contribution in [2.45, 2.75) is 6.92 Å². The Morgan fingerprint density at radius 1 is 0.885 bits per heavy atom. The SMILES string of the molecule is CC(=O)Nc1ccc(NC(=O)c2cccc(Nc3cnccn3)c2)cc1. The fourth-order valence-electron chi connectivity index (χ4n) is 2.29. The Morgan fingerprint density at radius 2 is 1.62 bits per heavy atom. The summed E-state index contributed by atoms with van der Waals surface area (Å²) in [5, 5.41) is 8.59. The summed E-state index contributed by atoms with van der Waals surface area (Å²) >= 11 is 0. The fourth-order valence-corrected chi connectivity index (χ4v) is 2.29. The summed E-state index contributed by atoms with van der Waals surface area (Å²) in [6, 6.07) is 14.0. The van der Waals surface area contributed by atoms with Gasteiger partial charge in [0.05, 0.1) is 6.20 Å². The first-order chi connectivity index (χ1) is 12.6. The quantitative estimate of drug-likeness (QED) is 0.657. The molecule has 0 aliphatic rings. The van der Waals surface area contributed by atoms with Crippen LogP contribution in [0.5, 0.6) is 0 Å². The molecule has 3 rings (SSSR count). The molecule has 130 valence electrons. The van der Waals surface area contributed by atoms with Crippen LogP contribution in [0.2, 0.25) is 0 Å². The van der Waals surface area contributed by atoms with Gasteiger partial charge in [0, 0.05) is 41.9 Å². The molecule has 0 radical (unpaired) electrons. The predicted molar refractivity (Wildman–Crippen MR) is 100 cm³/mol. The number of carbonyl (C=O) groups is 2. The number of rotatable bonds is 5. The Bertz CT molecular complexity index is 911. The number of aromatic nitrogens is 2. The van der Waals surface area contributed by atoms with Crippen LogP contribution in [-0.2, 0) is 4.79 Å². The Hall–Kier alpha value is -3.74. The molecule has 1 aromatic heterocycles. The molecule has 0 unspecified atom stereocenters. The van der Waals surface area contributed by atoms with E-state index in [0.717, 1.165) is 5.69 Å². The standard InChI is InChI=1S/C19H17N5O2/c1-13(25)22-15-5-7-16(8-6-15)24-19(26)14-3-2-4-17(11-14)23-18-12-20-9-10-21-18/h2-12H,1H3,(H,21,23)(H,22,25)(H,24,26). The van der Waals surface area contributed by atoms with Crippen LogP contribution in [0.3, 0.4) is 0 Å². The second kappa shape index (κ2) is 7.89. The van der Waals surface area contributed by atoms with Crippen molar-refractivity contribution in [2.24, 2.45) is 0 Å². The lowest BCUT2D eigenvalue weighted by molar-refractivity contribution is -0.114. The molecule has 0 saturated carbocycles. The van der Waals surface area contributed by atoms with Crippen molar-refractivity contribution in [3.63, 3.8) is 0 Å². The molecule has 0 spiro atoms. The van der Waals surface area contributed by atoms with E-state index in [2.05, 4.69) is 25.9 Å². The highest BCUT2D eigenvalue weighted by Crippen LogP contribution is 2.18. The van der Waals surface area contributed by atoms with Crippen molar-refractivity contribution < 1.29 is 9.59 Å². The van der Waals surface area contributed by atoms with Crippen LogP contribution >= 0.6 is 0 Å². The molecule has 26 heavy (non-hydrogen) atoms. The molecule has 7 nitrogen and oxygen atoms in total. The van der Waals surface area contributed by atoms with E-state index in [1.165, 1.54) is 6.92 Å². The zero-order valence-corrected chi connectivity index (χ0v) is 14.1. The molecule has 0 aliphatic heterocycles. The average Bonchev–Trinajstić information content (AvgIpc) is 2.64. The molecule has 0 atom stereocenters. The lowest BCUT2D eigenvalue weighted by Gasteiger charge is -2.09. The van der Waals surface area contributed by atoms with Gasteiger partial charge in [-0.05, 0) is 42.5 Å². The lowest BCUT2D eigenvalue weighted by Crippen LogP contribution is -2.12. The van der Waals surface area contributed by atoms with Gasteiger partial charge in [0.2, 0.25) is 5.91 Å². The van der Waals surface area contributed by atoms with Gasteiger partial charge in [-0.1, -0.05) is 6.07 Å². The van der Waals surface area contributed by atoms with Crippen LogP contribution in [0.15, 0.2) is 67.1 Å². The molecule has 2 amide bonds. The molecular weight excluding hydrogens is 330 g/mol. The molecule has 0 saturated heterocycles. The van der Waals surface area contributed by atoms with Gasteiger partial charge in [0.25, 0.3) is 5.91 Å². The Balaban J connectivity index is 1.68. The molecule has 3 aromatic rings. The third-order valence-electron chi connectivity index (χ3n) is 3.42. The first kappa shape index (κ1) is 17.1. The second-order valence-electron chi connectivity index (χ2n) is 5.51. The van der Waals surface area contributed by atoms with Crippen molar-refractivity contribution in [2.75, 3.05) is 16.0 Å². The van der Waals surface area contributed by atoms with Crippen LogP contribution in [0.4, 0.5) is 22.9 Å². The number of nitrogens with one attached hydrogen (secondary N) is 3. The highest BCUT2D eigenvalue weighted by Gasteiger charge is 2.07. The van der Waals surface area contributed by atoms with Crippen LogP contribution in [0, 0.1) is 0 Å². The third-order valence-corrected chi connectivity index (χ3v) is 3.42. The minimum absolute atomic E-state index is 0.144. The smallest absolute Gasteiger partial charge is 0.255 e. The fraction of sp³-hybridized carbons (Fsp3) is 0.0526. The summed E-state index contributed by atoms with van der Waals surface area (Å²) in [6.45, 7) is 1.44. The van der Waals surface area contributed by atoms with Gasteiger partial charge in [-0.25, -0.2) is 4.98 Å². The van der Waals surface area contributed by atoms with Crippen LogP contribution in [-0.4, -0.2) is 21.8 Å². The van der Waals surface area contributed by atoms with Gasteiger partial charge in [-0.2, -0.15) is 0 Å². The zero-order chi connectivity index (χ0) is 18.4. The maximum atomic E-state index is 12.4. The summed E-state index contributed by atoms with van der Waals surface area (Å²) in [5.74, 6) is 0.216. The normalized spacial score (nSPS) is 10.0. The number of carbonyl (C=O) groups excluding carboxylic acids is 2. The van der Waals surface area contributed by atoms with Crippen LogP contribution in [0.1, 0.15) is 17.3 Å². The van der Waals surface area contributed by atoms with Crippen molar-refractivity contribution in [3.05, 3.63) is 72.7 Å². The predicted octanol–water partition coefficient (Wildman–Crippen LogP) is 3.43. The summed E-state index contributed by atoms with van der Waals surface area (Å²) in [7, 11) is 0. The van der Waals surface area contributed by atoms with E-state index in [1.54, 1.807) is 61.1 Å². The number of hydrogen-bond donors (Lipinski definition) is 3. The summed E-state index contributed by atoms with van der Waals surface area (Å²) < 4.78 is 0. The molecule has 0 fully saturated rings. The van der Waals surface area contributed by atoms with E-state index in [0.29, 0.717) is 22.8 Å². The van der Waals surface area contributed by atoms with Gasteiger partial charge in [0.15, 0.2) is 0 Å². The Kier molecular flexibility index (Phi) is 5.19. The van der Waals surface area contributed by atoms with Crippen LogP contribution < -0.4 is 16.0 Å². The van der Waals surface area contributed by atoms with Gasteiger partial charge in [-0.3, -0.25) is 14.6 Å². The molecule has 0 bridgehead atoms. The van der Waals surface area contributed by atoms with E-state index in [9.17, 15) is 9.59 Å². The van der Waals surface area contributed by atoms with Gasteiger partial charge >= 0.3 is 0 Å². The van der Waals surface area contributed by atoms with Crippen molar-refractivity contribution in [3.8, 4) is 0 Å². The third kappa shape index (κ3) is 4.64. The largest absolute Gasteiger partial charge is 0.339 e. The summed E-state index contributed by atoms with van der Waals surface area (Å²) in [6.07, 6.45) is 4.78. The summed E-state index contributed by atoms with van der Waals surface area (Å²) in [5.41, 5.74) is 2.55. The topological polar surface area (TPSA) is 96.0 Å². The van der Waals surface area contributed by atoms with E-state index in [4.69, 9.17) is 0 Å². The molecule has 3 N–H and O–H groups in total. The highest BCUT2D eigenvalue weighted by atomic mass is 16.2. The Morgan fingerprint density at radius 3 is 2.27 bits per heavy atom. The van der Waals surface area contributed by atoms with Crippen molar-refractivity contribution >= 4 is 34.7 Å². The molecule has 7 heteroatoms. The highest BCUT2D eigenvalue weighted by molar-refractivity contribution is 6.05. The number of benzene rings is 2. The number of amides is 2. The first-order valence-corrected chi connectivity index (χ1v) is 7.92. The minimum Gasteiger partial charge on any atom is -0.339 e. The first-order valence-electron chi connectivity index (χ1n) is 7.92. The molecular formula is C19H17N5O2. The van der Waals surface area contributed by atoms with E-state index >= 15 is 0 Å². The second-order valence-corrected chi connectivity index (χ2v) is 5.51. The van der Waals surface area contributed by atoms with E-state index in [1.807, 2.05) is 6.07 Å². The summed E-state index contributed by atoms with van der Waals surface area (Å²) in [4.78, 5) is 31.6. The average molecular weight is 347 g/mol. The number of nitrogens with zero attached hydrogens (tertiary/aromatic N) is 2. The van der Waals surface area contributed by atoms with Gasteiger partial charge in [0.1, 0.15) is 5.82 Å². The van der Waals surface area contributed by atoms with Gasteiger partial charge < -0.3 is 16.0 Å². The van der Waals surface area contributed by atoms with E-state index in [-0.39, 0.29) is 11.8 Å². The maximum absolute atomic E-state index is 12.4. The van der Waals surface area contributed by atoms with Gasteiger partial charge in [-0.15, -0.1) is 0 Å². The molecule has 2 aromatic carbocycles. The minimum atomic E-state index is -0.236. The van der Waals surface area contributed by atoms with Crippen molar-refractivity contribution in [1.29, 1.82) is 0 Å². The lowest BCUT2D eigenvalue weighted by atomic mass is 10.1. The Labute approximate surface area is 150 Å². The van der Waals surface area contributed by atoms with Crippen molar-refractivity contribution in [1.82, 2.24) is 9.97 Å². The van der Waals surface area contributed by atoms with Crippen LogP contribution in [0.25, 0.3) is 0 Å². The zero-order valence-electron chi connectivity index (χ0n) is 14.1. The molecule has 1 heterocycles. The monoisotopic (exact) mass is 347 g/mol. The number of anilines is 4. The molecule has 0 aliphatic carbocycles. The number of hydrogen-bond acceptors (Lipinski definition) is 5. The maximum Gasteiger partial charge on any atom is 0.255 e. The van der Waals surface area contributed by atoms with E-state index < -0.39 is 0 Å².